The first-order valence-electron chi connectivity index (χ1n) is 23.9. The van der Waals surface area contributed by atoms with Crippen LogP contribution in [0.5, 0.6) is 5.75 Å². The number of carbonyl (C=O) groups is 4. The summed E-state index contributed by atoms with van der Waals surface area (Å²) in [6.07, 6.45) is 8.89. The first-order chi connectivity index (χ1) is 32.4. The number of fused-ring (bicyclic) bond motifs is 3. The lowest BCUT2D eigenvalue weighted by Crippen LogP contribution is -3.00. The predicted molar refractivity (Wildman–Crippen MR) is 269 cm³/mol. The SMILES string of the molecule is Cc1cccc([P+](CCCCCCCCCCCC(=O)Nc2ccc3c(c2O)C(=O)C2=C(O)[C@]4(O)C(=O)C(C(N)=O)=C(O)[C@@H](N(C)C)[C@@H]4[C@@H](O)[C@@H]2[C@H]3C)(c2cccc(C)c2)c2cccc(C)c2)c1.[Cl-]. The molecule has 0 radical (unpaired) electrons. The van der Waals surface area contributed by atoms with Crippen molar-refractivity contribution in [3.63, 3.8) is 0 Å². The van der Waals surface area contributed by atoms with Crippen LogP contribution in [0.1, 0.15) is 110 Å². The number of carbonyl (C=O) groups excluding carboxylic acids is 4. The Hall–Kier alpha value is -5.36. The third-order valence-corrected chi connectivity index (χ3v) is 19.1. The van der Waals surface area contributed by atoms with Crippen LogP contribution in [0.3, 0.4) is 0 Å². The van der Waals surface area contributed by atoms with Crippen molar-refractivity contribution in [2.24, 2.45) is 17.6 Å². The molecule has 0 fully saturated rings. The predicted octanol–water partition coefficient (Wildman–Crippen LogP) is 4.42. The van der Waals surface area contributed by atoms with Crippen molar-refractivity contribution in [2.75, 3.05) is 25.6 Å². The summed E-state index contributed by atoms with van der Waals surface area (Å²) >= 11 is 0. The summed E-state index contributed by atoms with van der Waals surface area (Å²) in [5.74, 6) is -10.1. The summed E-state index contributed by atoms with van der Waals surface area (Å²) < 4.78 is 0. The Morgan fingerprint density at radius 1 is 0.754 bits per heavy atom. The van der Waals surface area contributed by atoms with Gasteiger partial charge >= 0.3 is 0 Å². The second-order valence-electron chi connectivity index (χ2n) is 19.5. The zero-order valence-electron chi connectivity index (χ0n) is 40.5. The number of nitrogens with zero attached hydrogens (tertiary/aromatic N) is 1. The number of aliphatic hydroxyl groups is 4. The number of rotatable bonds is 18. The summed E-state index contributed by atoms with van der Waals surface area (Å²) in [6.45, 7) is 8.21. The van der Waals surface area contributed by atoms with E-state index in [1.54, 1.807) is 13.0 Å². The van der Waals surface area contributed by atoms with Gasteiger partial charge in [0.1, 0.15) is 40.3 Å². The molecule has 0 heterocycles. The molecule has 3 aliphatic carbocycles. The van der Waals surface area contributed by atoms with Crippen molar-refractivity contribution in [1.82, 2.24) is 4.90 Å². The topological polar surface area (TPSA) is 211 Å². The van der Waals surface area contributed by atoms with E-state index in [9.17, 15) is 44.7 Å². The molecule has 0 unspecified atom stereocenters. The highest BCUT2D eigenvalue weighted by Gasteiger charge is 2.67. The second kappa shape index (κ2) is 21.7. The van der Waals surface area contributed by atoms with E-state index in [1.165, 1.54) is 57.7 Å². The van der Waals surface area contributed by atoms with Gasteiger partial charge in [0.25, 0.3) is 5.91 Å². The molecule has 368 valence electrons. The van der Waals surface area contributed by atoms with Gasteiger partial charge in [0.05, 0.1) is 35.5 Å². The smallest absolute Gasteiger partial charge is 0.255 e. The summed E-state index contributed by atoms with van der Waals surface area (Å²) in [5.41, 5.74) is 4.83. The number of hydrogen-bond acceptors (Lipinski definition) is 10. The van der Waals surface area contributed by atoms with Crippen LogP contribution in [0.4, 0.5) is 5.69 Å². The lowest BCUT2D eigenvalue weighted by Gasteiger charge is -2.53. The highest BCUT2D eigenvalue weighted by molar-refractivity contribution is 7.95. The van der Waals surface area contributed by atoms with E-state index in [-0.39, 0.29) is 36.0 Å². The number of aromatic hydroxyl groups is 1. The van der Waals surface area contributed by atoms with E-state index in [0.717, 1.165) is 57.5 Å². The minimum atomic E-state index is -3.01. The Morgan fingerprint density at radius 2 is 1.25 bits per heavy atom. The zero-order valence-corrected chi connectivity index (χ0v) is 42.1. The Kier molecular flexibility index (Phi) is 16.7. The maximum atomic E-state index is 14.2. The Morgan fingerprint density at radius 3 is 1.72 bits per heavy atom. The van der Waals surface area contributed by atoms with Crippen LogP contribution in [0.25, 0.3) is 0 Å². The number of likely N-dealkylation sites (N-methyl/N-ethyl adjacent to an activating group) is 1. The number of phenols is 1. The van der Waals surface area contributed by atoms with Crippen molar-refractivity contribution in [1.29, 1.82) is 0 Å². The molecule has 0 aromatic heterocycles. The van der Waals surface area contributed by atoms with E-state index in [2.05, 4.69) is 98.9 Å². The average molecular weight is 981 g/mol. The molecule has 69 heavy (non-hydrogen) atoms. The number of halogens is 1. The Bertz CT molecular complexity index is 2570. The molecule has 14 heteroatoms. The molecule has 0 spiro atoms. The van der Waals surface area contributed by atoms with Gasteiger partial charge in [-0.2, -0.15) is 0 Å². The summed E-state index contributed by atoms with van der Waals surface area (Å²) in [7, 11) is 1.07. The van der Waals surface area contributed by atoms with Gasteiger partial charge in [0.2, 0.25) is 11.7 Å². The lowest BCUT2D eigenvalue weighted by atomic mass is 9.55. The molecular weight excluding hydrogens is 913 g/mol. The normalized spacial score (nSPS) is 22.2. The van der Waals surface area contributed by atoms with Gasteiger partial charge in [0.15, 0.2) is 17.1 Å². The third kappa shape index (κ3) is 9.89. The quantitative estimate of drug-likeness (QED) is 0.0323. The molecule has 0 saturated carbocycles. The molecule has 0 aliphatic heterocycles. The van der Waals surface area contributed by atoms with Crippen LogP contribution < -0.4 is 39.4 Å². The number of hydrogen-bond donors (Lipinski definition) is 7. The number of primary amides is 1. The highest BCUT2D eigenvalue weighted by Crippen LogP contribution is 2.58. The summed E-state index contributed by atoms with van der Waals surface area (Å²) in [4.78, 5) is 54.8. The van der Waals surface area contributed by atoms with Crippen molar-refractivity contribution in [3.8, 4) is 5.75 Å². The van der Waals surface area contributed by atoms with Crippen molar-refractivity contribution < 1.29 is 57.1 Å². The first kappa shape index (κ1) is 53.0. The Labute approximate surface area is 412 Å². The minimum absolute atomic E-state index is 0. The van der Waals surface area contributed by atoms with Gasteiger partial charge in [-0.05, 0) is 125 Å². The number of ketones is 2. The van der Waals surface area contributed by atoms with Crippen molar-refractivity contribution in [3.05, 3.63) is 135 Å². The van der Waals surface area contributed by atoms with E-state index in [0.29, 0.717) is 12.0 Å². The van der Waals surface area contributed by atoms with Gasteiger partial charge in [-0.15, -0.1) is 0 Å². The molecule has 2 amide bonds. The molecule has 6 atom stereocenters. The fourth-order valence-electron chi connectivity index (χ4n) is 11.2. The standard InChI is InChI=1S/C55H66N3O9P.ClH/c1-32-19-16-22-36(29-32)68(37-23-17-20-33(2)30-37,38-24-18-21-34(3)31-38)28-15-13-11-9-7-8-10-12-14-25-41(59)57-40-27-26-39-35(4)42-44(49(61)43(39)48(40)60)52(64)55(67)46(50(42)62)47(58(5)6)51(63)45(53(55)65)54(56)66;/h16-24,26-27,29-31,35,42,46-47,50,62,67H,7-15,25,28H2,1-6H3,(H5-,56,57,59,60,61,63,64,65,66);1H/t35-,42+,46+,47-,50-,55-;/m0./s1. The third-order valence-electron chi connectivity index (χ3n) is 14.6. The number of nitrogens with two attached hydrogens (primary N) is 1. The Balaban J connectivity index is 0.00000782. The fourth-order valence-corrected chi connectivity index (χ4v) is 15.9. The number of phenolic OH excluding ortho intramolecular Hbond substituents is 1. The fraction of sp³-hybridized carbons (Fsp3) is 0.418. The van der Waals surface area contributed by atoms with Gasteiger partial charge in [-0.3, -0.25) is 24.1 Å². The maximum Gasteiger partial charge on any atom is 0.255 e. The molecule has 4 aromatic rings. The van der Waals surface area contributed by atoms with Gasteiger partial charge in [-0.1, -0.05) is 87.9 Å². The van der Waals surface area contributed by atoms with Crippen molar-refractivity contribution in [2.45, 2.75) is 116 Å². The van der Waals surface area contributed by atoms with Crippen LogP contribution in [-0.2, 0) is 14.4 Å². The van der Waals surface area contributed by atoms with Crippen LogP contribution >= 0.6 is 7.26 Å². The zero-order chi connectivity index (χ0) is 49.2. The number of unbranched alkanes of at least 4 members (excludes halogenated alkanes) is 8. The first-order valence-corrected chi connectivity index (χ1v) is 25.9. The van der Waals surface area contributed by atoms with E-state index < -0.39 is 88.7 Å². The number of aliphatic hydroxyl groups excluding tert-OH is 3. The molecule has 4 aromatic carbocycles. The number of nitrogens with one attached hydrogen (secondary N) is 1. The summed E-state index contributed by atoms with van der Waals surface area (Å²) in [6, 6.07) is 29.0. The van der Waals surface area contributed by atoms with Crippen LogP contribution in [0, 0.1) is 32.6 Å². The van der Waals surface area contributed by atoms with E-state index in [4.69, 9.17) is 5.73 Å². The van der Waals surface area contributed by atoms with Crippen LogP contribution in [0.15, 0.2) is 108 Å². The number of Topliss-reactive ketones (excluding diaryl/α,β-unsaturated/α-hetero) is 2. The number of amides is 2. The van der Waals surface area contributed by atoms with Gasteiger partial charge in [-0.25, -0.2) is 0 Å². The van der Waals surface area contributed by atoms with Gasteiger partial charge in [0, 0.05) is 17.9 Å². The summed E-state index contributed by atoms with van der Waals surface area (Å²) in [5, 5.41) is 65.0. The average Bonchev–Trinajstić information content (AvgIpc) is 3.28. The lowest BCUT2D eigenvalue weighted by molar-refractivity contribution is -0.162. The number of benzene rings is 4. The van der Waals surface area contributed by atoms with Crippen molar-refractivity contribution >= 4 is 52.2 Å². The largest absolute Gasteiger partial charge is 1.00 e. The molecular formula is C55H67ClN3O9P. The van der Waals surface area contributed by atoms with E-state index in [1.807, 2.05) is 0 Å². The van der Waals surface area contributed by atoms with Crippen LogP contribution in [-0.4, -0.2) is 91.8 Å². The van der Waals surface area contributed by atoms with Crippen LogP contribution in [0.2, 0.25) is 0 Å². The minimum Gasteiger partial charge on any atom is -1.00 e. The molecule has 0 saturated heterocycles. The second-order valence-corrected chi connectivity index (χ2v) is 23.1. The molecule has 8 N–H and O–H groups in total. The molecule has 0 bridgehead atoms. The molecule has 3 aliphatic rings. The number of aryl methyl sites for hydroxylation is 3. The molecule has 12 nitrogen and oxygen atoms in total. The monoisotopic (exact) mass is 979 g/mol. The maximum absolute atomic E-state index is 14.2. The van der Waals surface area contributed by atoms with E-state index >= 15 is 0 Å². The molecule has 7 rings (SSSR count). The highest BCUT2D eigenvalue weighted by atomic mass is 35.5. The number of anilines is 1. The van der Waals surface area contributed by atoms with Gasteiger partial charge < -0.3 is 49.0 Å².